The molecule has 0 unspecified atom stereocenters. The van der Waals surface area contributed by atoms with Crippen molar-refractivity contribution in [3.63, 3.8) is 0 Å². The van der Waals surface area contributed by atoms with Crippen LogP contribution in [0.1, 0.15) is 0 Å². The second-order valence-electron chi connectivity index (χ2n) is 3.65. The van der Waals surface area contributed by atoms with Crippen LogP contribution in [-0.4, -0.2) is 30.6 Å². The molecule has 0 aromatic carbocycles. The smallest absolute Gasteiger partial charge is 0.223 e. The molecule has 6 nitrogen and oxygen atoms in total. The van der Waals surface area contributed by atoms with Crippen LogP contribution in [-0.2, 0) is 0 Å². The first-order valence-corrected chi connectivity index (χ1v) is 6.84. The van der Waals surface area contributed by atoms with Gasteiger partial charge in [-0.25, -0.2) is 4.98 Å². The van der Waals surface area contributed by atoms with E-state index in [1.807, 2.05) is 24.3 Å². The number of hydrogen-bond acceptors (Lipinski definition) is 5. The van der Waals surface area contributed by atoms with Gasteiger partial charge in [0, 0.05) is 15.1 Å². The fraction of sp³-hybridized carbons (Fsp3) is 0. The first-order valence-electron chi connectivity index (χ1n) is 5.26. The Kier molecular flexibility index (Phi) is 3.34. The van der Waals surface area contributed by atoms with Gasteiger partial charge in [-0.05, 0) is 29.5 Å². The fourth-order valence-corrected chi connectivity index (χ4v) is 2.33. The van der Waals surface area contributed by atoms with Crippen molar-refractivity contribution in [2.75, 3.05) is 0 Å². The zero-order chi connectivity index (χ0) is 13.2. The highest BCUT2D eigenvalue weighted by molar-refractivity contribution is 9.10. The van der Waals surface area contributed by atoms with E-state index in [9.17, 15) is 0 Å². The molecule has 1 N–H and O–H groups in total. The van der Waals surface area contributed by atoms with Gasteiger partial charge in [0.25, 0.3) is 0 Å². The minimum Gasteiger partial charge on any atom is -0.255 e. The molecular weight excluding hydrogens is 376 g/mol. The van der Waals surface area contributed by atoms with E-state index in [1.54, 1.807) is 6.20 Å². The van der Waals surface area contributed by atoms with Crippen molar-refractivity contribution in [3.05, 3.63) is 39.4 Å². The number of aromatic nitrogens is 6. The summed E-state index contributed by atoms with van der Waals surface area (Å²) >= 11 is 6.86. The number of tetrazole rings is 1. The lowest BCUT2D eigenvalue weighted by Gasteiger charge is -2.03. The predicted octanol–water partition coefficient (Wildman–Crippen LogP) is 2.85. The molecule has 8 heteroatoms. The van der Waals surface area contributed by atoms with Gasteiger partial charge in [0.1, 0.15) is 5.69 Å². The molecule has 94 valence electrons. The maximum absolute atomic E-state index is 4.49. The molecule has 3 aromatic rings. The van der Waals surface area contributed by atoms with Crippen molar-refractivity contribution in [1.82, 2.24) is 30.6 Å². The van der Waals surface area contributed by atoms with E-state index >= 15 is 0 Å². The summed E-state index contributed by atoms with van der Waals surface area (Å²) in [6, 6.07) is 7.47. The minimum atomic E-state index is 0.442. The van der Waals surface area contributed by atoms with Crippen LogP contribution >= 0.6 is 31.9 Å². The van der Waals surface area contributed by atoms with E-state index in [1.165, 1.54) is 0 Å². The van der Waals surface area contributed by atoms with E-state index in [2.05, 4.69) is 62.5 Å². The van der Waals surface area contributed by atoms with Crippen LogP contribution in [0.25, 0.3) is 22.9 Å². The lowest BCUT2D eigenvalue weighted by Crippen LogP contribution is -1.92. The first kappa shape index (κ1) is 12.4. The molecule has 0 bridgehead atoms. The Bertz CT molecular complexity index is 713. The van der Waals surface area contributed by atoms with Crippen LogP contribution in [0.15, 0.2) is 39.4 Å². The number of H-pyrrole nitrogens is 1. The Labute approximate surface area is 124 Å². The van der Waals surface area contributed by atoms with Crippen molar-refractivity contribution in [2.24, 2.45) is 0 Å². The van der Waals surface area contributed by atoms with Crippen molar-refractivity contribution in [3.8, 4) is 22.9 Å². The second kappa shape index (κ2) is 5.14. The van der Waals surface area contributed by atoms with E-state index in [4.69, 9.17) is 0 Å². The summed E-state index contributed by atoms with van der Waals surface area (Å²) in [5, 5.41) is 13.8. The van der Waals surface area contributed by atoms with Gasteiger partial charge in [-0.3, -0.25) is 4.98 Å². The van der Waals surface area contributed by atoms with E-state index in [0.29, 0.717) is 11.5 Å². The normalized spacial score (nSPS) is 10.6. The molecule has 0 aliphatic heterocycles. The number of halogens is 2. The summed E-state index contributed by atoms with van der Waals surface area (Å²) in [6.07, 6.45) is 1.72. The molecule has 19 heavy (non-hydrogen) atoms. The summed E-state index contributed by atoms with van der Waals surface area (Å²) < 4.78 is 1.82. The Morgan fingerprint density at radius 1 is 0.947 bits per heavy atom. The van der Waals surface area contributed by atoms with Crippen LogP contribution in [0.4, 0.5) is 0 Å². The highest BCUT2D eigenvalue weighted by atomic mass is 79.9. The number of rotatable bonds is 2. The van der Waals surface area contributed by atoms with Gasteiger partial charge in [0.05, 0.1) is 11.4 Å². The number of hydrogen-bond donors (Lipinski definition) is 1. The lowest BCUT2D eigenvalue weighted by atomic mass is 10.2. The highest BCUT2D eigenvalue weighted by Gasteiger charge is 2.10. The number of aromatic amines is 1. The number of pyridine rings is 2. The molecule has 3 aromatic heterocycles. The van der Waals surface area contributed by atoms with Crippen molar-refractivity contribution < 1.29 is 0 Å². The highest BCUT2D eigenvalue weighted by Crippen LogP contribution is 2.25. The second-order valence-corrected chi connectivity index (χ2v) is 5.48. The van der Waals surface area contributed by atoms with Crippen LogP contribution in [0.3, 0.4) is 0 Å². The quantitative estimate of drug-likeness (QED) is 0.738. The van der Waals surface area contributed by atoms with Gasteiger partial charge in [-0.1, -0.05) is 31.9 Å². The maximum Gasteiger partial charge on any atom is 0.223 e. The molecule has 0 saturated heterocycles. The van der Waals surface area contributed by atoms with Gasteiger partial charge in [0.15, 0.2) is 0 Å². The third-order valence-corrected chi connectivity index (χ3v) is 3.30. The van der Waals surface area contributed by atoms with E-state index < -0.39 is 0 Å². The van der Waals surface area contributed by atoms with Crippen molar-refractivity contribution in [2.45, 2.75) is 0 Å². The Morgan fingerprint density at radius 3 is 2.47 bits per heavy atom. The monoisotopic (exact) mass is 380 g/mol. The van der Waals surface area contributed by atoms with E-state index in [-0.39, 0.29) is 0 Å². The first-order chi connectivity index (χ1) is 9.22. The Balaban J connectivity index is 2.12. The average molecular weight is 382 g/mol. The molecule has 0 radical (unpaired) electrons. The third-order valence-electron chi connectivity index (χ3n) is 2.35. The molecule has 3 rings (SSSR count). The fourth-order valence-electron chi connectivity index (χ4n) is 1.56. The minimum absolute atomic E-state index is 0.442. The molecular formula is C11H6Br2N6. The SMILES string of the molecule is Brc1ccnc(-c2cc(Br)cc(-c3nn[nH]n3)n2)c1. The largest absolute Gasteiger partial charge is 0.255 e. The standard InChI is InChI=1S/C11H6Br2N6/c12-6-1-2-14-8(3-6)9-4-7(13)5-10(15-9)11-16-18-19-17-11/h1-5H,(H,16,17,18,19). The van der Waals surface area contributed by atoms with Gasteiger partial charge >= 0.3 is 0 Å². The summed E-state index contributed by atoms with van der Waals surface area (Å²) in [6.45, 7) is 0. The maximum atomic E-state index is 4.49. The third kappa shape index (κ3) is 2.69. The molecule has 0 aliphatic rings. The number of nitrogens with zero attached hydrogens (tertiary/aromatic N) is 5. The summed E-state index contributed by atoms with van der Waals surface area (Å²) in [5.41, 5.74) is 2.12. The molecule has 0 atom stereocenters. The molecule has 0 saturated carbocycles. The van der Waals surface area contributed by atoms with Crippen molar-refractivity contribution >= 4 is 31.9 Å². The molecule has 3 heterocycles. The molecule has 0 fully saturated rings. The van der Waals surface area contributed by atoms with E-state index in [0.717, 1.165) is 20.3 Å². The van der Waals surface area contributed by atoms with Crippen LogP contribution in [0.5, 0.6) is 0 Å². The lowest BCUT2D eigenvalue weighted by molar-refractivity contribution is 0.881. The van der Waals surface area contributed by atoms with Crippen LogP contribution in [0.2, 0.25) is 0 Å². The molecule has 0 spiro atoms. The summed E-state index contributed by atoms with van der Waals surface area (Å²) in [4.78, 5) is 8.78. The number of nitrogens with one attached hydrogen (secondary N) is 1. The molecule has 0 amide bonds. The Hall–Kier alpha value is -1.67. The van der Waals surface area contributed by atoms with Gasteiger partial charge < -0.3 is 0 Å². The Morgan fingerprint density at radius 2 is 1.74 bits per heavy atom. The van der Waals surface area contributed by atoms with Gasteiger partial charge in [0.2, 0.25) is 5.82 Å². The van der Waals surface area contributed by atoms with Crippen LogP contribution in [0, 0.1) is 0 Å². The summed E-state index contributed by atoms with van der Waals surface area (Å²) in [7, 11) is 0. The predicted molar refractivity (Wildman–Crippen MR) is 76.0 cm³/mol. The van der Waals surface area contributed by atoms with Crippen molar-refractivity contribution in [1.29, 1.82) is 0 Å². The molecule has 0 aliphatic carbocycles. The topological polar surface area (TPSA) is 80.2 Å². The zero-order valence-electron chi connectivity index (χ0n) is 9.38. The van der Waals surface area contributed by atoms with Gasteiger partial charge in [-0.2, -0.15) is 5.21 Å². The average Bonchev–Trinajstić information content (AvgIpc) is 2.92. The van der Waals surface area contributed by atoms with Crippen LogP contribution < -0.4 is 0 Å². The summed E-state index contributed by atoms with van der Waals surface area (Å²) in [5.74, 6) is 0.442. The zero-order valence-corrected chi connectivity index (χ0v) is 12.6. The van der Waals surface area contributed by atoms with Gasteiger partial charge in [-0.15, -0.1) is 10.2 Å².